The van der Waals surface area contributed by atoms with Gasteiger partial charge < -0.3 is 15.6 Å². The summed E-state index contributed by atoms with van der Waals surface area (Å²) in [4.78, 5) is 0. The van der Waals surface area contributed by atoms with Crippen LogP contribution in [-0.4, -0.2) is 25.4 Å². The van der Waals surface area contributed by atoms with E-state index in [2.05, 4.69) is 39.8 Å². The molecular formula is C17H29NO2. The third kappa shape index (κ3) is 4.22. The molecule has 20 heavy (non-hydrogen) atoms. The molecular weight excluding hydrogens is 250 g/mol. The molecule has 0 saturated heterocycles. The van der Waals surface area contributed by atoms with Crippen molar-refractivity contribution in [2.45, 2.75) is 39.5 Å². The van der Waals surface area contributed by atoms with Crippen molar-refractivity contribution in [3.8, 4) is 5.75 Å². The van der Waals surface area contributed by atoms with E-state index in [-0.39, 0.29) is 17.9 Å². The van der Waals surface area contributed by atoms with Crippen molar-refractivity contribution in [2.75, 3.05) is 20.3 Å². The highest BCUT2D eigenvalue weighted by Gasteiger charge is 2.21. The Bertz CT molecular complexity index is 419. The van der Waals surface area contributed by atoms with E-state index >= 15 is 0 Å². The van der Waals surface area contributed by atoms with E-state index in [1.807, 2.05) is 6.07 Å². The van der Waals surface area contributed by atoms with Crippen LogP contribution in [-0.2, 0) is 11.8 Å². The van der Waals surface area contributed by atoms with Crippen LogP contribution in [0, 0.1) is 11.8 Å². The predicted molar refractivity (Wildman–Crippen MR) is 84.2 cm³/mol. The molecule has 3 heteroatoms. The van der Waals surface area contributed by atoms with Gasteiger partial charge in [-0.05, 0) is 47.4 Å². The quantitative estimate of drug-likeness (QED) is 0.842. The Hall–Kier alpha value is -1.06. The first-order valence-electron chi connectivity index (χ1n) is 7.31. The first kappa shape index (κ1) is 17.0. The second-order valence-electron chi connectivity index (χ2n) is 6.64. The van der Waals surface area contributed by atoms with Crippen LogP contribution >= 0.6 is 0 Å². The monoisotopic (exact) mass is 279 g/mol. The second kappa shape index (κ2) is 7.09. The SMILES string of the molecule is COc1ccc(CC(C)C(CN)CO)cc1C(C)(C)C. The van der Waals surface area contributed by atoms with E-state index in [1.54, 1.807) is 7.11 Å². The number of hydrogen-bond donors (Lipinski definition) is 2. The van der Waals surface area contributed by atoms with E-state index < -0.39 is 0 Å². The van der Waals surface area contributed by atoms with Crippen LogP contribution in [0.1, 0.15) is 38.8 Å². The van der Waals surface area contributed by atoms with Crippen molar-refractivity contribution in [1.82, 2.24) is 0 Å². The highest BCUT2D eigenvalue weighted by atomic mass is 16.5. The molecule has 0 radical (unpaired) electrons. The molecule has 0 bridgehead atoms. The maximum atomic E-state index is 9.34. The summed E-state index contributed by atoms with van der Waals surface area (Å²) in [5.74, 6) is 1.47. The normalized spacial score (nSPS) is 14.9. The van der Waals surface area contributed by atoms with Gasteiger partial charge in [0.15, 0.2) is 0 Å². The predicted octanol–water partition coefficient (Wildman–Crippen LogP) is 2.74. The number of rotatable bonds is 6. The van der Waals surface area contributed by atoms with Gasteiger partial charge in [-0.25, -0.2) is 0 Å². The second-order valence-corrected chi connectivity index (χ2v) is 6.64. The smallest absolute Gasteiger partial charge is 0.122 e. The molecule has 1 aromatic carbocycles. The molecule has 0 heterocycles. The Labute approximate surface area is 123 Å². The van der Waals surface area contributed by atoms with E-state index in [4.69, 9.17) is 10.5 Å². The number of methoxy groups -OCH3 is 1. The minimum atomic E-state index is 0.0504. The molecule has 114 valence electrons. The van der Waals surface area contributed by atoms with Gasteiger partial charge in [-0.3, -0.25) is 0 Å². The van der Waals surface area contributed by atoms with Crippen molar-refractivity contribution < 1.29 is 9.84 Å². The lowest BCUT2D eigenvalue weighted by Gasteiger charge is -2.25. The van der Waals surface area contributed by atoms with Gasteiger partial charge in [0.2, 0.25) is 0 Å². The van der Waals surface area contributed by atoms with Gasteiger partial charge >= 0.3 is 0 Å². The summed E-state index contributed by atoms with van der Waals surface area (Å²) in [7, 11) is 1.71. The highest BCUT2D eigenvalue weighted by Crippen LogP contribution is 2.32. The Kier molecular flexibility index (Phi) is 6.03. The van der Waals surface area contributed by atoms with Crippen LogP contribution in [0.3, 0.4) is 0 Å². The number of nitrogens with two attached hydrogens (primary N) is 1. The maximum Gasteiger partial charge on any atom is 0.122 e. The van der Waals surface area contributed by atoms with Crippen molar-refractivity contribution >= 4 is 0 Å². The summed E-state index contributed by atoms with van der Waals surface area (Å²) < 4.78 is 5.46. The number of benzene rings is 1. The summed E-state index contributed by atoms with van der Waals surface area (Å²) in [6.45, 7) is 9.39. The van der Waals surface area contributed by atoms with Gasteiger partial charge in [-0.15, -0.1) is 0 Å². The van der Waals surface area contributed by atoms with E-state index in [0.717, 1.165) is 12.2 Å². The average Bonchev–Trinajstić information content (AvgIpc) is 2.39. The zero-order chi connectivity index (χ0) is 15.3. The van der Waals surface area contributed by atoms with E-state index in [9.17, 15) is 5.11 Å². The minimum absolute atomic E-state index is 0.0504. The van der Waals surface area contributed by atoms with Crippen LogP contribution in [0.2, 0.25) is 0 Å². The molecule has 0 spiro atoms. The number of ether oxygens (including phenoxy) is 1. The lowest BCUT2D eigenvalue weighted by Crippen LogP contribution is -2.26. The van der Waals surface area contributed by atoms with Crippen molar-refractivity contribution in [2.24, 2.45) is 17.6 Å². The van der Waals surface area contributed by atoms with Crippen LogP contribution in [0.5, 0.6) is 5.75 Å². The van der Waals surface area contributed by atoms with Gasteiger partial charge in [0, 0.05) is 6.61 Å². The number of aliphatic hydroxyl groups excluding tert-OH is 1. The maximum absolute atomic E-state index is 9.34. The molecule has 1 aromatic rings. The third-order valence-corrected chi connectivity index (χ3v) is 3.97. The summed E-state index contributed by atoms with van der Waals surface area (Å²) >= 11 is 0. The zero-order valence-electron chi connectivity index (χ0n) is 13.4. The van der Waals surface area contributed by atoms with Crippen molar-refractivity contribution in [1.29, 1.82) is 0 Å². The summed E-state index contributed by atoms with van der Waals surface area (Å²) in [5.41, 5.74) is 8.25. The Morgan fingerprint density at radius 1 is 1.30 bits per heavy atom. The van der Waals surface area contributed by atoms with Crippen LogP contribution in [0.25, 0.3) is 0 Å². The topological polar surface area (TPSA) is 55.5 Å². The molecule has 0 aliphatic carbocycles. The van der Waals surface area contributed by atoms with Gasteiger partial charge in [0.05, 0.1) is 7.11 Å². The zero-order valence-corrected chi connectivity index (χ0v) is 13.4. The fourth-order valence-electron chi connectivity index (χ4n) is 2.49. The van der Waals surface area contributed by atoms with Gasteiger partial charge in [-0.1, -0.05) is 39.8 Å². The lowest BCUT2D eigenvalue weighted by molar-refractivity contribution is 0.187. The van der Waals surface area contributed by atoms with Crippen molar-refractivity contribution in [3.63, 3.8) is 0 Å². The Morgan fingerprint density at radius 2 is 1.95 bits per heavy atom. The van der Waals surface area contributed by atoms with Gasteiger partial charge in [-0.2, -0.15) is 0 Å². The Balaban J connectivity index is 2.98. The molecule has 1 rings (SSSR count). The minimum Gasteiger partial charge on any atom is -0.496 e. The molecule has 0 aliphatic rings. The molecule has 0 saturated carbocycles. The summed E-state index contributed by atoms with van der Waals surface area (Å²) in [5, 5.41) is 9.34. The fraction of sp³-hybridized carbons (Fsp3) is 0.647. The number of aliphatic hydroxyl groups is 1. The van der Waals surface area contributed by atoms with E-state index in [0.29, 0.717) is 12.5 Å². The molecule has 3 N–H and O–H groups in total. The standard InChI is InChI=1S/C17H29NO2/c1-12(14(10-18)11-19)8-13-6-7-16(20-5)15(9-13)17(2,3)4/h6-7,9,12,14,19H,8,10-11,18H2,1-5H3. The third-order valence-electron chi connectivity index (χ3n) is 3.97. The van der Waals surface area contributed by atoms with Gasteiger partial charge in [0.25, 0.3) is 0 Å². The average molecular weight is 279 g/mol. The molecule has 2 atom stereocenters. The molecule has 2 unspecified atom stereocenters. The molecule has 0 fully saturated rings. The largest absolute Gasteiger partial charge is 0.496 e. The lowest BCUT2D eigenvalue weighted by atomic mass is 9.83. The van der Waals surface area contributed by atoms with Crippen LogP contribution < -0.4 is 10.5 Å². The van der Waals surface area contributed by atoms with Gasteiger partial charge in [0.1, 0.15) is 5.75 Å². The Morgan fingerprint density at radius 3 is 2.40 bits per heavy atom. The molecule has 0 amide bonds. The summed E-state index contributed by atoms with van der Waals surface area (Å²) in [6.07, 6.45) is 0.926. The van der Waals surface area contributed by atoms with Crippen LogP contribution in [0.15, 0.2) is 18.2 Å². The molecule has 0 aliphatic heterocycles. The van der Waals surface area contributed by atoms with E-state index in [1.165, 1.54) is 11.1 Å². The van der Waals surface area contributed by atoms with Crippen molar-refractivity contribution in [3.05, 3.63) is 29.3 Å². The summed E-state index contributed by atoms with van der Waals surface area (Å²) in [6, 6.07) is 6.37. The first-order valence-corrected chi connectivity index (χ1v) is 7.31. The highest BCUT2D eigenvalue weighted by molar-refractivity contribution is 5.41. The van der Waals surface area contributed by atoms with Crippen LogP contribution in [0.4, 0.5) is 0 Å². The first-order chi connectivity index (χ1) is 9.33. The molecule has 3 nitrogen and oxygen atoms in total. The molecule has 0 aromatic heterocycles. The number of hydrogen-bond acceptors (Lipinski definition) is 3. The fourth-order valence-corrected chi connectivity index (χ4v) is 2.49.